The summed E-state index contributed by atoms with van der Waals surface area (Å²) in [6.07, 6.45) is 1.73. The van der Waals surface area contributed by atoms with Gasteiger partial charge in [-0.15, -0.1) is 34.8 Å². The SMILES string of the molecule is COc1c2cc(OCc3ccccc3)cc1Cc1cc(OCc3ccccc3)cc(c1OCCCl)Cc1cc(OCc3ccccc3)cc(c1OC)Cc1cc(OCc3ccccc3)cc(c1OCCCl)Cc1cc(OCc3ccccc3)cc(c1OC)Cc1cc(OCc3ccccc3)cc(c1OCCCl)C2. The third-order valence-electron chi connectivity index (χ3n) is 18.7. The van der Waals surface area contributed by atoms with E-state index >= 15 is 0 Å². The number of methoxy groups -OCH3 is 3. The van der Waals surface area contributed by atoms with Crippen molar-refractivity contribution in [3.8, 4) is 69.0 Å². The molecule has 1 aliphatic rings. The lowest BCUT2D eigenvalue weighted by Crippen LogP contribution is -2.11. The van der Waals surface area contributed by atoms with Crippen LogP contribution in [0.5, 0.6) is 69.0 Å². The van der Waals surface area contributed by atoms with E-state index in [1.807, 2.05) is 109 Å². The van der Waals surface area contributed by atoms with Gasteiger partial charge in [0.05, 0.1) is 39.0 Å². The lowest BCUT2D eigenvalue weighted by molar-refractivity contribution is 0.301. The summed E-state index contributed by atoms with van der Waals surface area (Å²) in [5.41, 5.74) is 15.8. The topological polar surface area (TPSA) is 111 Å². The van der Waals surface area contributed by atoms with Gasteiger partial charge in [0.2, 0.25) is 0 Å². The number of fused-ring (bicyclic) bond motifs is 12. The summed E-state index contributed by atoms with van der Waals surface area (Å²) in [4.78, 5) is 0. The van der Waals surface area contributed by atoms with Crippen molar-refractivity contribution in [2.75, 3.05) is 58.8 Å². The monoisotopic (exact) mass is 1500 g/mol. The first kappa shape index (κ1) is 75.3. The Balaban J connectivity index is 1.08. The van der Waals surface area contributed by atoms with Crippen LogP contribution in [0.15, 0.2) is 255 Å². The van der Waals surface area contributed by atoms with Crippen molar-refractivity contribution in [2.24, 2.45) is 0 Å². The Hall–Kier alpha value is -10.9. The Bertz CT molecular complexity index is 4260. The molecule has 0 spiro atoms. The molecule has 12 aromatic carbocycles. The molecule has 13 rings (SSSR count). The second-order valence-electron chi connectivity index (χ2n) is 26.4. The maximum atomic E-state index is 7.00. The minimum atomic E-state index is 0.195. The van der Waals surface area contributed by atoms with Crippen molar-refractivity contribution < 1.29 is 56.8 Å². The molecule has 0 heterocycles. The van der Waals surface area contributed by atoms with Crippen LogP contribution in [-0.2, 0) is 78.2 Å². The molecule has 0 aromatic heterocycles. The van der Waals surface area contributed by atoms with Gasteiger partial charge in [0, 0.05) is 105 Å². The summed E-state index contributed by atoms with van der Waals surface area (Å²) < 4.78 is 82.6. The van der Waals surface area contributed by atoms with Gasteiger partial charge in [-0.1, -0.05) is 182 Å². The van der Waals surface area contributed by atoms with Crippen LogP contribution in [0.1, 0.15) is 100 Å². The van der Waals surface area contributed by atoms with Crippen LogP contribution in [-0.4, -0.2) is 58.8 Å². The van der Waals surface area contributed by atoms with Gasteiger partial charge in [0.1, 0.15) is 128 Å². The third kappa shape index (κ3) is 20.0. The summed E-state index contributed by atoms with van der Waals surface area (Å²) in [7, 11) is 5.13. The molecule has 0 fully saturated rings. The molecule has 0 saturated heterocycles. The normalized spacial score (nSPS) is 11.8. The zero-order valence-corrected chi connectivity index (χ0v) is 63.3. The van der Waals surface area contributed by atoms with Crippen molar-refractivity contribution in [3.05, 3.63) is 355 Å². The number of hydrogen-bond acceptors (Lipinski definition) is 12. The van der Waals surface area contributed by atoms with E-state index in [2.05, 4.69) is 146 Å². The van der Waals surface area contributed by atoms with Crippen molar-refractivity contribution in [1.82, 2.24) is 0 Å². The highest BCUT2D eigenvalue weighted by Gasteiger charge is 2.28. The van der Waals surface area contributed by atoms with E-state index in [-0.39, 0.29) is 76.0 Å². The summed E-state index contributed by atoms with van der Waals surface area (Å²) in [6, 6.07) is 85.5. The maximum Gasteiger partial charge on any atom is 0.126 e. The Morgan fingerprint density at radius 3 is 0.491 bits per heavy atom. The highest BCUT2D eigenvalue weighted by Crippen LogP contribution is 2.46. The van der Waals surface area contributed by atoms with Crippen molar-refractivity contribution >= 4 is 34.8 Å². The van der Waals surface area contributed by atoms with Crippen LogP contribution in [0.2, 0.25) is 0 Å². The predicted molar refractivity (Wildman–Crippen MR) is 428 cm³/mol. The standard InChI is InChI=1S/C93H87Cl3O12/c1-97-88-70-40-76-52-85(106-61-67-28-16-7-17-29-67)54-78(91(76)100-37-34-94)42-72-48-83(104-59-65-24-12-5-13-25-65)50-74(89(72)98-2)44-80-56-87(108-63-69-32-20-9-21-33-69)57-81(93(80)102-39-36-96)45-75-51-84(105-60-66-26-14-6-15-27-66)49-73(90(75)99-3)43-79-55-86(107-62-68-30-18-8-19-31-68)53-77(92(79)101-38-35-95)41-71(88)47-82(46-70)103-58-64-22-10-4-11-23-64/h4-33,46-57H,34-45,58-63H2,1-3H3. The molecule has 108 heavy (non-hydrogen) atoms. The van der Waals surface area contributed by atoms with Crippen LogP contribution < -0.4 is 56.8 Å². The van der Waals surface area contributed by atoms with E-state index in [0.717, 1.165) is 100 Å². The second-order valence-corrected chi connectivity index (χ2v) is 27.5. The van der Waals surface area contributed by atoms with Gasteiger partial charge >= 0.3 is 0 Å². The number of halogens is 3. The van der Waals surface area contributed by atoms with E-state index < -0.39 is 0 Å². The van der Waals surface area contributed by atoms with E-state index in [0.29, 0.717) is 109 Å². The highest BCUT2D eigenvalue weighted by atomic mass is 35.5. The smallest absolute Gasteiger partial charge is 0.126 e. The van der Waals surface area contributed by atoms with Gasteiger partial charge < -0.3 is 56.8 Å². The molecule has 12 aromatic rings. The van der Waals surface area contributed by atoms with Crippen molar-refractivity contribution in [1.29, 1.82) is 0 Å². The summed E-state index contributed by atoms with van der Waals surface area (Å²) in [6.45, 7) is 2.36. The highest BCUT2D eigenvalue weighted by molar-refractivity contribution is 6.18. The minimum Gasteiger partial charge on any atom is -0.496 e. The Labute approximate surface area is 648 Å². The minimum absolute atomic E-state index is 0.195. The first-order valence-electron chi connectivity index (χ1n) is 36.3. The quantitative estimate of drug-likeness (QED) is 0.0400. The van der Waals surface area contributed by atoms with Crippen LogP contribution in [0, 0.1) is 0 Å². The van der Waals surface area contributed by atoms with E-state index in [1.54, 1.807) is 21.3 Å². The summed E-state index contributed by atoms with van der Waals surface area (Å²) in [5, 5.41) is 0. The molecule has 1 aliphatic carbocycles. The van der Waals surface area contributed by atoms with Gasteiger partial charge in [-0.25, -0.2) is 0 Å². The molecular weight excluding hydrogens is 1420 g/mol. The number of benzene rings is 12. The molecular formula is C93H87Cl3O12. The maximum absolute atomic E-state index is 7.00. The van der Waals surface area contributed by atoms with Crippen molar-refractivity contribution in [3.63, 3.8) is 0 Å². The lowest BCUT2D eigenvalue weighted by atomic mass is 9.90. The molecule has 552 valence electrons. The van der Waals surface area contributed by atoms with Crippen LogP contribution in [0.3, 0.4) is 0 Å². The van der Waals surface area contributed by atoms with E-state index in [1.165, 1.54) is 0 Å². The van der Waals surface area contributed by atoms with E-state index in [9.17, 15) is 0 Å². The van der Waals surface area contributed by atoms with E-state index in [4.69, 9.17) is 91.6 Å². The molecule has 15 heteroatoms. The fraction of sp³-hybridized carbons (Fsp3) is 0.226. The molecule has 12 nitrogen and oxygen atoms in total. The van der Waals surface area contributed by atoms with Gasteiger partial charge in [-0.3, -0.25) is 0 Å². The zero-order chi connectivity index (χ0) is 74.2. The van der Waals surface area contributed by atoms with Gasteiger partial charge in [0.25, 0.3) is 0 Å². The number of hydrogen-bond donors (Lipinski definition) is 0. The van der Waals surface area contributed by atoms with Gasteiger partial charge in [-0.2, -0.15) is 0 Å². The van der Waals surface area contributed by atoms with Crippen molar-refractivity contribution in [2.45, 2.75) is 78.2 Å². The Kier molecular flexibility index (Phi) is 26.6. The van der Waals surface area contributed by atoms with Crippen LogP contribution >= 0.6 is 34.8 Å². The van der Waals surface area contributed by atoms with Crippen LogP contribution in [0.25, 0.3) is 0 Å². The molecule has 0 saturated carbocycles. The summed E-state index contributed by atoms with van der Waals surface area (Å²) >= 11 is 20.1. The lowest BCUT2D eigenvalue weighted by Gasteiger charge is -2.24. The first-order chi connectivity index (χ1) is 53.2. The molecule has 0 unspecified atom stereocenters. The predicted octanol–water partition coefficient (Wildman–Crippen LogP) is 20.9. The number of rotatable bonds is 30. The fourth-order valence-corrected chi connectivity index (χ4v) is 14.1. The average Bonchev–Trinajstić information content (AvgIpc) is 0.781. The third-order valence-corrected chi connectivity index (χ3v) is 19.1. The molecule has 12 bridgehead atoms. The summed E-state index contributed by atoms with van der Waals surface area (Å²) in [5.74, 6) is 8.13. The molecule has 0 N–H and O–H groups in total. The number of alkyl halides is 3. The second kappa shape index (κ2) is 38.1. The average molecular weight is 1500 g/mol. The molecule has 0 amide bonds. The van der Waals surface area contributed by atoms with Crippen LogP contribution in [0.4, 0.5) is 0 Å². The van der Waals surface area contributed by atoms with Gasteiger partial charge in [-0.05, 0) is 106 Å². The number of ether oxygens (including phenoxy) is 12. The van der Waals surface area contributed by atoms with Gasteiger partial charge in [0.15, 0.2) is 0 Å². The molecule has 0 aliphatic heterocycles. The largest absolute Gasteiger partial charge is 0.496 e. The zero-order valence-electron chi connectivity index (χ0n) is 61.0. The Morgan fingerprint density at radius 1 is 0.204 bits per heavy atom. The fourth-order valence-electron chi connectivity index (χ4n) is 13.9. The molecule has 0 radical (unpaired) electrons. The Morgan fingerprint density at radius 2 is 0.352 bits per heavy atom. The first-order valence-corrected chi connectivity index (χ1v) is 37.9. The molecule has 0 atom stereocenters.